The van der Waals surface area contributed by atoms with E-state index in [0.29, 0.717) is 12.0 Å². The van der Waals surface area contributed by atoms with E-state index in [0.717, 1.165) is 5.56 Å². The number of amides is 1. The fourth-order valence-electron chi connectivity index (χ4n) is 3.20. The van der Waals surface area contributed by atoms with Gasteiger partial charge in [0, 0.05) is 30.6 Å². The zero-order chi connectivity index (χ0) is 21.0. The maximum atomic E-state index is 12.2. The van der Waals surface area contributed by atoms with Crippen LogP contribution in [0.3, 0.4) is 0 Å². The molecule has 0 saturated carbocycles. The van der Waals surface area contributed by atoms with Gasteiger partial charge in [-0.2, -0.15) is 0 Å². The first kappa shape index (κ1) is 20.9. The lowest BCUT2D eigenvalue weighted by molar-refractivity contribution is -0.158. The first-order valence-electron chi connectivity index (χ1n) is 9.31. The number of pyridine rings is 1. The van der Waals surface area contributed by atoms with Crippen molar-refractivity contribution in [2.45, 2.75) is 50.7 Å². The summed E-state index contributed by atoms with van der Waals surface area (Å²) in [7, 11) is 0. The van der Waals surface area contributed by atoms with Crippen molar-refractivity contribution in [1.82, 2.24) is 19.9 Å². The minimum absolute atomic E-state index is 0.0153. The van der Waals surface area contributed by atoms with Crippen LogP contribution in [0.1, 0.15) is 17.5 Å². The van der Waals surface area contributed by atoms with E-state index in [9.17, 15) is 24.6 Å². The molecule has 1 saturated heterocycles. The third-order valence-electron chi connectivity index (χ3n) is 4.91. The monoisotopic (exact) mass is 404 g/mol. The number of aromatic nitrogens is 3. The smallest absolute Gasteiger partial charge is 0.328 e. The van der Waals surface area contributed by atoms with Gasteiger partial charge < -0.3 is 20.3 Å². The van der Waals surface area contributed by atoms with E-state index < -0.39 is 35.6 Å². The number of carbonyl (C=O) groups excluding carboxylic acids is 1. The Labute approximate surface area is 166 Å². The molecule has 10 heteroatoms. The van der Waals surface area contributed by atoms with Crippen molar-refractivity contribution in [3.63, 3.8) is 0 Å². The number of hydrogen-bond donors (Lipinski definition) is 4. The zero-order valence-corrected chi connectivity index (χ0v) is 15.9. The highest BCUT2D eigenvalue weighted by Gasteiger charge is 2.39. The number of hydrogen-bond acceptors (Lipinski definition) is 7. The Balaban J connectivity index is 1.55. The number of aliphatic hydroxyl groups is 2. The van der Waals surface area contributed by atoms with Crippen molar-refractivity contribution in [2.24, 2.45) is 0 Å². The van der Waals surface area contributed by atoms with Gasteiger partial charge in [-0.15, -0.1) is 0 Å². The lowest BCUT2D eigenvalue weighted by atomic mass is 9.97. The van der Waals surface area contributed by atoms with Gasteiger partial charge in [0.2, 0.25) is 5.91 Å². The molecule has 1 aliphatic heterocycles. The predicted molar refractivity (Wildman–Crippen MR) is 102 cm³/mol. The molecule has 1 aliphatic rings. The van der Waals surface area contributed by atoms with Crippen LogP contribution in [0, 0.1) is 6.92 Å². The van der Waals surface area contributed by atoms with E-state index >= 15 is 0 Å². The van der Waals surface area contributed by atoms with E-state index in [1.54, 1.807) is 25.4 Å². The number of carbonyl (C=O) groups is 1. The van der Waals surface area contributed by atoms with Crippen LogP contribution in [0.15, 0.2) is 40.3 Å². The highest BCUT2D eigenvalue weighted by molar-refractivity contribution is 5.76. The fourth-order valence-corrected chi connectivity index (χ4v) is 3.20. The normalized spacial score (nSPS) is 24.2. The van der Waals surface area contributed by atoms with Crippen LogP contribution in [-0.4, -0.2) is 61.6 Å². The van der Waals surface area contributed by atoms with Crippen LogP contribution < -0.4 is 16.6 Å². The second-order valence-electron chi connectivity index (χ2n) is 7.11. The summed E-state index contributed by atoms with van der Waals surface area (Å²) in [6, 6.07) is 2.89. The Hall–Kier alpha value is -2.82. The van der Waals surface area contributed by atoms with E-state index in [1.807, 2.05) is 6.07 Å². The van der Waals surface area contributed by atoms with Crippen LogP contribution in [0.2, 0.25) is 0 Å². The molecule has 2 aromatic rings. The lowest BCUT2D eigenvalue weighted by Crippen LogP contribution is -2.60. The van der Waals surface area contributed by atoms with E-state index in [-0.39, 0.29) is 25.5 Å². The Bertz CT molecular complexity index is 957. The molecular weight excluding hydrogens is 380 g/mol. The number of aliphatic hydroxyl groups excluding tert-OH is 2. The number of rotatable bonds is 6. The molecule has 0 unspecified atom stereocenters. The van der Waals surface area contributed by atoms with Gasteiger partial charge in [-0.1, -0.05) is 6.07 Å². The largest absolute Gasteiger partial charge is 0.388 e. The average molecular weight is 404 g/mol. The van der Waals surface area contributed by atoms with Crippen molar-refractivity contribution in [1.29, 1.82) is 0 Å². The summed E-state index contributed by atoms with van der Waals surface area (Å²) in [5.74, 6) is -0.278. The summed E-state index contributed by atoms with van der Waals surface area (Å²) in [4.78, 5) is 41.7. The van der Waals surface area contributed by atoms with Gasteiger partial charge in [0.25, 0.3) is 5.56 Å². The highest BCUT2D eigenvalue weighted by Crippen LogP contribution is 2.17. The van der Waals surface area contributed by atoms with Crippen LogP contribution in [0.4, 0.5) is 0 Å². The van der Waals surface area contributed by atoms with Gasteiger partial charge in [0.15, 0.2) is 0 Å². The zero-order valence-electron chi connectivity index (χ0n) is 15.9. The van der Waals surface area contributed by atoms with Gasteiger partial charge >= 0.3 is 5.69 Å². The summed E-state index contributed by atoms with van der Waals surface area (Å²) < 4.78 is 6.79. The first-order valence-corrected chi connectivity index (χ1v) is 9.31. The Morgan fingerprint density at radius 2 is 2.17 bits per heavy atom. The maximum absolute atomic E-state index is 12.2. The summed E-state index contributed by atoms with van der Waals surface area (Å²) in [6.45, 7) is 1.49. The summed E-state index contributed by atoms with van der Waals surface area (Å²) in [6.07, 6.45) is 1.98. The Morgan fingerprint density at radius 3 is 2.90 bits per heavy atom. The minimum Gasteiger partial charge on any atom is -0.388 e. The van der Waals surface area contributed by atoms with Crippen LogP contribution in [0.25, 0.3) is 0 Å². The quantitative estimate of drug-likeness (QED) is 0.457. The van der Waals surface area contributed by atoms with Crippen LogP contribution >= 0.6 is 0 Å². The number of nitrogens with one attached hydrogen (secondary N) is 2. The highest BCUT2D eigenvalue weighted by atomic mass is 16.5. The molecule has 2 aromatic heterocycles. The molecule has 156 valence electrons. The first-order chi connectivity index (χ1) is 13.8. The Kier molecular flexibility index (Phi) is 6.57. The SMILES string of the molecule is Cc1cn(C[C@H]2OC[C@@H](NC(=O)CCc3cccnc3)[C@H](O)[C@@H]2O)c(=O)[nH]c1=O. The maximum Gasteiger partial charge on any atom is 0.328 e. The van der Waals surface area contributed by atoms with Crippen LogP contribution in [0.5, 0.6) is 0 Å². The molecule has 1 amide bonds. The van der Waals surface area contributed by atoms with Crippen molar-refractivity contribution in [3.05, 3.63) is 62.7 Å². The molecule has 0 radical (unpaired) electrons. The molecule has 4 N–H and O–H groups in total. The van der Waals surface area contributed by atoms with Crippen molar-refractivity contribution < 1.29 is 19.7 Å². The van der Waals surface area contributed by atoms with Gasteiger partial charge in [-0.3, -0.25) is 24.1 Å². The molecule has 29 heavy (non-hydrogen) atoms. The number of ether oxygens (including phenoxy) is 1. The molecule has 3 heterocycles. The van der Waals surface area contributed by atoms with Crippen molar-refractivity contribution in [3.8, 4) is 0 Å². The van der Waals surface area contributed by atoms with Gasteiger partial charge in [0.1, 0.15) is 18.3 Å². The second-order valence-corrected chi connectivity index (χ2v) is 7.11. The van der Waals surface area contributed by atoms with Gasteiger partial charge in [-0.05, 0) is 25.0 Å². The number of aromatic amines is 1. The molecular formula is C19H24N4O6. The third-order valence-corrected chi connectivity index (χ3v) is 4.91. The van der Waals surface area contributed by atoms with E-state index in [2.05, 4.69) is 15.3 Å². The van der Waals surface area contributed by atoms with Crippen molar-refractivity contribution in [2.75, 3.05) is 6.61 Å². The van der Waals surface area contributed by atoms with E-state index in [4.69, 9.17) is 4.74 Å². The molecule has 0 aromatic carbocycles. The molecule has 4 atom stereocenters. The van der Waals surface area contributed by atoms with Gasteiger partial charge in [-0.25, -0.2) is 4.79 Å². The topological polar surface area (TPSA) is 147 Å². The fraction of sp³-hybridized carbons (Fsp3) is 0.474. The van der Waals surface area contributed by atoms with E-state index in [1.165, 1.54) is 10.8 Å². The second kappa shape index (κ2) is 9.12. The molecule has 3 rings (SSSR count). The van der Waals surface area contributed by atoms with Crippen molar-refractivity contribution >= 4 is 5.91 Å². The standard InChI is InChI=1S/C19H24N4O6/c1-11-8-23(19(28)22-18(11)27)9-14-17(26)16(25)13(10-29-14)21-15(24)5-4-12-3-2-6-20-7-12/h2-3,6-8,13-14,16-17,25-26H,4-5,9-10H2,1H3,(H,21,24)(H,22,27,28)/t13-,14-,16+,17-/m1/s1. The Morgan fingerprint density at radius 1 is 1.38 bits per heavy atom. The number of H-pyrrole nitrogens is 1. The lowest BCUT2D eigenvalue weighted by Gasteiger charge is -2.38. The summed E-state index contributed by atoms with van der Waals surface area (Å²) in [5.41, 5.74) is 0.154. The number of aryl methyl sites for hydroxylation is 2. The van der Waals surface area contributed by atoms with Crippen LogP contribution in [-0.2, 0) is 22.5 Å². The summed E-state index contributed by atoms with van der Waals surface area (Å²) >= 11 is 0. The average Bonchev–Trinajstić information content (AvgIpc) is 2.71. The predicted octanol–water partition coefficient (Wildman–Crippen LogP) is -1.52. The minimum atomic E-state index is -1.31. The number of nitrogens with zero attached hydrogens (tertiary/aromatic N) is 2. The molecule has 1 fully saturated rings. The van der Waals surface area contributed by atoms with Gasteiger partial charge in [0.05, 0.1) is 19.2 Å². The molecule has 0 bridgehead atoms. The summed E-state index contributed by atoms with van der Waals surface area (Å²) in [5, 5.41) is 23.4. The molecule has 0 spiro atoms. The molecule has 0 aliphatic carbocycles. The molecule has 10 nitrogen and oxygen atoms in total. The third kappa shape index (κ3) is 5.17.